The van der Waals surface area contributed by atoms with Crippen molar-refractivity contribution in [2.75, 3.05) is 0 Å². The molecule has 1 aromatic rings. The van der Waals surface area contributed by atoms with Gasteiger partial charge in [-0.3, -0.25) is 0 Å². The van der Waals surface area contributed by atoms with Gasteiger partial charge in [-0.25, -0.2) is 0 Å². The van der Waals surface area contributed by atoms with E-state index < -0.39 is 0 Å². The summed E-state index contributed by atoms with van der Waals surface area (Å²) in [5.74, 6) is 1.18. The zero-order valence-corrected chi connectivity index (χ0v) is 7.81. The van der Waals surface area contributed by atoms with Crippen molar-refractivity contribution in [2.24, 2.45) is 0 Å². The van der Waals surface area contributed by atoms with Crippen molar-refractivity contribution in [1.82, 2.24) is 0 Å². The summed E-state index contributed by atoms with van der Waals surface area (Å²) in [6.45, 7) is 4.01. The molecule has 0 spiro atoms. The minimum absolute atomic E-state index is 0.516. The number of nitriles is 1. The predicted octanol–water partition coefficient (Wildman–Crippen LogP) is 3.17. The third-order valence-electron chi connectivity index (χ3n) is 1.66. The summed E-state index contributed by atoms with van der Waals surface area (Å²) in [4.78, 5) is 0. The molecule has 0 aliphatic carbocycles. The highest BCUT2D eigenvalue weighted by atomic mass is 35.5. The third kappa shape index (κ3) is 1.78. The minimum atomic E-state index is 0.516. The van der Waals surface area contributed by atoms with E-state index in [0.717, 1.165) is 5.56 Å². The lowest BCUT2D eigenvalue weighted by atomic mass is 10.0. The molecular weight excluding hydrogens is 170 g/mol. The van der Waals surface area contributed by atoms with Gasteiger partial charge in [-0.05, 0) is 23.6 Å². The lowest BCUT2D eigenvalue weighted by molar-refractivity contribution is 1.15. The first-order valence-corrected chi connectivity index (χ1v) is 4.03. The second-order valence-corrected chi connectivity index (χ2v) is 3.21. The standard InChI is InChI=1S/C10H9ClN/c1-7(2)8-3-4-10(11)9(5-8)6-12/h3-5H,1-2H3. The predicted molar refractivity (Wildman–Crippen MR) is 49.9 cm³/mol. The van der Waals surface area contributed by atoms with Gasteiger partial charge in [0, 0.05) is 0 Å². The van der Waals surface area contributed by atoms with E-state index in [4.69, 9.17) is 16.9 Å². The molecule has 0 amide bonds. The number of hydrogen-bond donors (Lipinski definition) is 0. The van der Waals surface area contributed by atoms with E-state index in [2.05, 4.69) is 0 Å². The van der Waals surface area contributed by atoms with Crippen LogP contribution in [0.25, 0.3) is 0 Å². The van der Waals surface area contributed by atoms with E-state index in [1.165, 1.54) is 5.92 Å². The van der Waals surface area contributed by atoms with E-state index in [0.29, 0.717) is 10.6 Å². The van der Waals surface area contributed by atoms with E-state index in [9.17, 15) is 0 Å². The number of hydrogen-bond acceptors (Lipinski definition) is 1. The zero-order chi connectivity index (χ0) is 9.14. The van der Waals surface area contributed by atoms with Gasteiger partial charge in [0.15, 0.2) is 0 Å². The van der Waals surface area contributed by atoms with Crippen molar-refractivity contribution in [3.8, 4) is 6.07 Å². The van der Waals surface area contributed by atoms with Crippen LogP contribution in [0, 0.1) is 17.2 Å². The largest absolute Gasteiger partial charge is 0.192 e. The Balaban J connectivity index is 3.16. The molecule has 0 unspecified atom stereocenters. The molecular formula is C10H9ClN. The number of rotatable bonds is 1. The van der Waals surface area contributed by atoms with Crippen molar-refractivity contribution in [3.05, 3.63) is 40.3 Å². The number of nitrogens with zero attached hydrogens (tertiary/aromatic N) is 1. The molecule has 0 N–H and O–H groups in total. The molecule has 1 radical (unpaired) electrons. The number of benzene rings is 1. The quantitative estimate of drug-likeness (QED) is 0.648. The molecule has 61 valence electrons. The fourth-order valence-electron chi connectivity index (χ4n) is 0.922. The second-order valence-electron chi connectivity index (χ2n) is 2.81. The van der Waals surface area contributed by atoms with Crippen molar-refractivity contribution < 1.29 is 0 Å². The molecule has 0 aliphatic heterocycles. The van der Waals surface area contributed by atoms with Gasteiger partial charge in [0.05, 0.1) is 10.6 Å². The Kier molecular flexibility index (Phi) is 2.73. The molecule has 0 heterocycles. The fraction of sp³-hybridized carbons (Fsp3) is 0.200. The molecule has 1 aromatic carbocycles. The van der Waals surface area contributed by atoms with E-state index >= 15 is 0 Å². The Morgan fingerprint density at radius 2 is 2.08 bits per heavy atom. The Hall–Kier alpha value is -1.00. The van der Waals surface area contributed by atoms with Gasteiger partial charge in [0.25, 0.3) is 0 Å². The molecule has 0 atom stereocenters. The van der Waals surface area contributed by atoms with Crippen LogP contribution in [0.1, 0.15) is 25.0 Å². The van der Waals surface area contributed by atoms with Crippen LogP contribution in [0.3, 0.4) is 0 Å². The molecule has 12 heavy (non-hydrogen) atoms. The zero-order valence-electron chi connectivity index (χ0n) is 7.06. The van der Waals surface area contributed by atoms with Crippen molar-refractivity contribution >= 4 is 11.6 Å². The lowest BCUT2D eigenvalue weighted by Crippen LogP contribution is -1.89. The highest BCUT2D eigenvalue weighted by molar-refractivity contribution is 6.31. The molecule has 2 heteroatoms. The van der Waals surface area contributed by atoms with Crippen molar-refractivity contribution in [2.45, 2.75) is 13.8 Å². The van der Waals surface area contributed by atoms with Crippen LogP contribution in [0.5, 0.6) is 0 Å². The normalized spacial score (nSPS) is 9.92. The number of halogens is 1. The van der Waals surface area contributed by atoms with Gasteiger partial charge in [-0.2, -0.15) is 5.26 Å². The lowest BCUT2D eigenvalue weighted by Gasteiger charge is -2.04. The van der Waals surface area contributed by atoms with E-state index in [1.807, 2.05) is 26.0 Å². The summed E-state index contributed by atoms with van der Waals surface area (Å²) in [5.41, 5.74) is 1.60. The summed E-state index contributed by atoms with van der Waals surface area (Å²) in [6.07, 6.45) is 0. The van der Waals surface area contributed by atoms with Gasteiger partial charge < -0.3 is 0 Å². The van der Waals surface area contributed by atoms with Crippen LogP contribution in [0.2, 0.25) is 5.02 Å². The SMILES string of the molecule is C[C](C)c1ccc(Cl)c(C#N)c1. The van der Waals surface area contributed by atoms with Gasteiger partial charge in [-0.15, -0.1) is 0 Å². The average Bonchev–Trinajstić information content (AvgIpc) is 2.05. The first kappa shape index (κ1) is 9.09. The fourth-order valence-corrected chi connectivity index (χ4v) is 1.08. The molecule has 1 rings (SSSR count). The molecule has 1 nitrogen and oxygen atoms in total. The van der Waals surface area contributed by atoms with Gasteiger partial charge in [0.1, 0.15) is 6.07 Å². The Morgan fingerprint density at radius 3 is 2.58 bits per heavy atom. The maximum absolute atomic E-state index is 8.68. The molecule has 0 bridgehead atoms. The summed E-state index contributed by atoms with van der Waals surface area (Å²) < 4.78 is 0. The smallest absolute Gasteiger partial charge is 0.101 e. The molecule has 0 aromatic heterocycles. The monoisotopic (exact) mass is 178 g/mol. The van der Waals surface area contributed by atoms with Gasteiger partial charge >= 0.3 is 0 Å². The van der Waals surface area contributed by atoms with Crippen LogP contribution in [-0.2, 0) is 0 Å². The van der Waals surface area contributed by atoms with Gasteiger partial charge in [-0.1, -0.05) is 31.5 Å². The Morgan fingerprint density at radius 1 is 1.42 bits per heavy atom. The summed E-state index contributed by atoms with van der Waals surface area (Å²) in [7, 11) is 0. The summed E-state index contributed by atoms with van der Waals surface area (Å²) >= 11 is 5.77. The van der Waals surface area contributed by atoms with E-state index in [1.54, 1.807) is 12.1 Å². The van der Waals surface area contributed by atoms with E-state index in [-0.39, 0.29) is 0 Å². The van der Waals surface area contributed by atoms with Crippen LogP contribution < -0.4 is 0 Å². The van der Waals surface area contributed by atoms with Crippen LogP contribution in [0.15, 0.2) is 18.2 Å². The average molecular weight is 179 g/mol. The maximum atomic E-state index is 8.68. The van der Waals surface area contributed by atoms with Crippen LogP contribution in [0.4, 0.5) is 0 Å². The first-order chi connectivity index (χ1) is 5.65. The van der Waals surface area contributed by atoms with Gasteiger partial charge in [0.2, 0.25) is 0 Å². The van der Waals surface area contributed by atoms with Crippen molar-refractivity contribution in [3.63, 3.8) is 0 Å². The summed E-state index contributed by atoms with van der Waals surface area (Å²) in [5, 5.41) is 9.20. The highest BCUT2D eigenvalue weighted by Crippen LogP contribution is 2.20. The Labute approximate surface area is 77.6 Å². The third-order valence-corrected chi connectivity index (χ3v) is 1.99. The molecule has 0 saturated carbocycles. The Bertz CT molecular complexity index is 323. The maximum Gasteiger partial charge on any atom is 0.101 e. The highest BCUT2D eigenvalue weighted by Gasteiger charge is 2.03. The first-order valence-electron chi connectivity index (χ1n) is 3.65. The topological polar surface area (TPSA) is 23.8 Å². The summed E-state index contributed by atoms with van der Waals surface area (Å²) in [6, 6.07) is 7.52. The molecule has 0 aliphatic rings. The van der Waals surface area contributed by atoms with Crippen molar-refractivity contribution in [1.29, 1.82) is 5.26 Å². The second kappa shape index (κ2) is 3.60. The molecule has 0 saturated heterocycles. The minimum Gasteiger partial charge on any atom is -0.192 e. The van der Waals surface area contributed by atoms with Crippen LogP contribution >= 0.6 is 11.6 Å². The van der Waals surface area contributed by atoms with Crippen LogP contribution in [-0.4, -0.2) is 0 Å². The molecule has 0 fully saturated rings.